The predicted molar refractivity (Wildman–Crippen MR) is 79.0 cm³/mol. The van der Waals surface area contributed by atoms with Gasteiger partial charge in [0.1, 0.15) is 5.75 Å². The molecule has 3 amide bonds. The van der Waals surface area contributed by atoms with E-state index in [1.807, 2.05) is 13.0 Å². The second kappa shape index (κ2) is 8.21. The number of imide groups is 1. The highest BCUT2D eigenvalue weighted by Gasteiger charge is 2.18. The number of aromatic nitrogens is 1. The molecule has 0 aliphatic rings. The van der Waals surface area contributed by atoms with Gasteiger partial charge in [-0.2, -0.15) is 0 Å². The molecule has 1 aromatic heterocycles. The second-order valence-corrected chi connectivity index (χ2v) is 4.54. The van der Waals surface area contributed by atoms with Gasteiger partial charge in [0.25, 0.3) is 5.91 Å². The van der Waals surface area contributed by atoms with Gasteiger partial charge in [-0.3, -0.25) is 15.1 Å². The van der Waals surface area contributed by atoms with Crippen molar-refractivity contribution in [2.45, 2.75) is 33.4 Å². The Morgan fingerprint density at radius 3 is 2.71 bits per heavy atom. The van der Waals surface area contributed by atoms with Gasteiger partial charge in [0.2, 0.25) is 0 Å². The molecule has 7 heteroatoms. The summed E-state index contributed by atoms with van der Waals surface area (Å²) in [7, 11) is 1.80. The summed E-state index contributed by atoms with van der Waals surface area (Å²) in [5.41, 5.74) is 1.59. The van der Waals surface area contributed by atoms with E-state index in [1.165, 1.54) is 0 Å². The molecule has 7 nitrogen and oxygen atoms in total. The van der Waals surface area contributed by atoms with Crippen LogP contribution in [-0.4, -0.2) is 36.6 Å². The van der Waals surface area contributed by atoms with Gasteiger partial charge in [-0.25, -0.2) is 4.79 Å². The molecule has 0 spiro atoms. The minimum atomic E-state index is -0.798. The molecule has 0 fully saturated rings. The standard InChI is InChI=1S/C14H22N4O3/c1-5-16-14(20)18-13(19)10(3)21-12-7-6-9(2)17-11(12)8-15-4/h6-7,10,15H,5,8H2,1-4H3,(H2,16,18,19,20). The van der Waals surface area contributed by atoms with Crippen molar-refractivity contribution in [2.75, 3.05) is 13.6 Å². The highest BCUT2D eigenvalue weighted by atomic mass is 16.5. The van der Waals surface area contributed by atoms with E-state index in [0.717, 1.165) is 11.4 Å². The van der Waals surface area contributed by atoms with Crippen LogP contribution < -0.4 is 20.7 Å². The highest BCUT2D eigenvalue weighted by Crippen LogP contribution is 2.18. The number of rotatable bonds is 6. The molecule has 0 radical (unpaired) electrons. The first-order chi connectivity index (χ1) is 9.97. The normalized spacial score (nSPS) is 11.6. The number of nitrogens with zero attached hydrogens (tertiary/aromatic N) is 1. The Balaban J connectivity index is 2.71. The van der Waals surface area contributed by atoms with Crippen LogP contribution in [0.1, 0.15) is 25.2 Å². The minimum Gasteiger partial charge on any atom is -0.479 e. The molecule has 116 valence electrons. The number of hydrogen-bond acceptors (Lipinski definition) is 5. The maximum atomic E-state index is 11.8. The summed E-state index contributed by atoms with van der Waals surface area (Å²) in [6, 6.07) is 3.05. The second-order valence-electron chi connectivity index (χ2n) is 4.54. The molecule has 0 aromatic carbocycles. The van der Waals surface area contributed by atoms with Crippen LogP contribution in [0.15, 0.2) is 12.1 Å². The van der Waals surface area contributed by atoms with Crippen molar-refractivity contribution in [3.63, 3.8) is 0 Å². The fourth-order valence-electron chi connectivity index (χ4n) is 1.66. The SMILES string of the molecule is CCNC(=O)NC(=O)C(C)Oc1ccc(C)nc1CNC. The quantitative estimate of drug-likeness (QED) is 0.719. The number of aryl methyl sites for hydroxylation is 1. The molecule has 0 bridgehead atoms. The summed E-state index contributed by atoms with van der Waals surface area (Å²) in [6.45, 7) is 6.21. The fraction of sp³-hybridized carbons (Fsp3) is 0.500. The Kier molecular flexibility index (Phi) is 6.61. The minimum absolute atomic E-state index is 0.447. The van der Waals surface area contributed by atoms with Crippen molar-refractivity contribution in [1.82, 2.24) is 20.9 Å². The molecular formula is C14H22N4O3. The van der Waals surface area contributed by atoms with E-state index in [-0.39, 0.29) is 0 Å². The molecule has 0 aliphatic heterocycles. The zero-order valence-electron chi connectivity index (χ0n) is 12.8. The van der Waals surface area contributed by atoms with Gasteiger partial charge in [-0.1, -0.05) is 0 Å². The van der Waals surface area contributed by atoms with Crippen molar-refractivity contribution in [1.29, 1.82) is 0 Å². The molecule has 1 heterocycles. The fourth-order valence-corrected chi connectivity index (χ4v) is 1.66. The maximum Gasteiger partial charge on any atom is 0.321 e. The van der Waals surface area contributed by atoms with Crippen LogP contribution in [0.2, 0.25) is 0 Å². The van der Waals surface area contributed by atoms with Crippen LogP contribution in [0.5, 0.6) is 5.75 Å². The third-order valence-corrected chi connectivity index (χ3v) is 2.66. The molecule has 0 saturated carbocycles. The number of carbonyl (C=O) groups is 2. The van der Waals surface area contributed by atoms with Gasteiger partial charge >= 0.3 is 6.03 Å². The van der Waals surface area contributed by atoms with E-state index in [1.54, 1.807) is 27.0 Å². The number of ether oxygens (including phenoxy) is 1. The third-order valence-electron chi connectivity index (χ3n) is 2.66. The average molecular weight is 294 g/mol. The lowest BCUT2D eigenvalue weighted by atomic mass is 10.2. The molecule has 1 rings (SSSR count). The largest absolute Gasteiger partial charge is 0.479 e. The van der Waals surface area contributed by atoms with Crippen molar-refractivity contribution in [2.24, 2.45) is 0 Å². The Morgan fingerprint density at radius 2 is 2.10 bits per heavy atom. The van der Waals surface area contributed by atoms with E-state index in [0.29, 0.717) is 18.8 Å². The first-order valence-corrected chi connectivity index (χ1v) is 6.84. The van der Waals surface area contributed by atoms with Crippen LogP contribution in [0.4, 0.5) is 4.79 Å². The number of urea groups is 1. The van der Waals surface area contributed by atoms with Crippen LogP contribution in [-0.2, 0) is 11.3 Å². The van der Waals surface area contributed by atoms with Gasteiger partial charge in [0, 0.05) is 18.8 Å². The van der Waals surface area contributed by atoms with Crippen LogP contribution in [0.3, 0.4) is 0 Å². The van der Waals surface area contributed by atoms with Crippen molar-refractivity contribution in [3.8, 4) is 5.75 Å². The summed E-state index contributed by atoms with van der Waals surface area (Å²) in [5.74, 6) is 0.0189. The molecule has 1 unspecified atom stereocenters. The number of amides is 3. The van der Waals surface area contributed by atoms with Crippen LogP contribution >= 0.6 is 0 Å². The smallest absolute Gasteiger partial charge is 0.321 e. The highest BCUT2D eigenvalue weighted by molar-refractivity contribution is 5.96. The summed E-state index contributed by atoms with van der Waals surface area (Å²) in [6.07, 6.45) is -0.798. The van der Waals surface area contributed by atoms with E-state index >= 15 is 0 Å². The van der Waals surface area contributed by atoms with Crippen LogP contribution in [0, 0.1) is 6.92 Å². The van der Waals surface area contributed by atoms with E-state index < -0.39 is 18.0 Å². The summed E-state index contributed by atoms with van der Waals surface area (Å²) in [4.78, 5) is 27.5. The number of nitrogens with one attached hydrogen (secondary N) is 3. The molecule has 1 atom stereocenters. The Hall–Kier alpha value is -2.15. The topological polar surface area (TPSA) is 92.4 Å². The number of pyridine rings is 1. The van der Waals surface area contributed by atoms with Crippen molar-refractivity contribution < 1.29 is 14.3 Å². The molecule has 3 N–H and O–H groups in total. The van der Waals surface area contributed by atoms with Crippen molar-refractivity contribution in [3.05, 3.63) is 23.5 Å². The zero-order chi connectivity index (χ0) is 15.8. The summed E-state index contributed by atoms with van der Waals surface area (Å²) in [5, 5.41) is 7.70. The van der Waals surface area contributed by atoms with Gasteiger partial charge in [-0.15, -0.1) is 0 Å². The van der Waals surface area contributed by atoms with E-state index in [2.05, 4.69) is 20.9 Å². The lowest BCUT2D eigenvalue weighted by molar-refractivity contribution is -0.126. The lowest BCUT2D eigenvalue weighted by Crippen LogP contribution is -2.45. The predicted octanol–water partition coefficient (Wildman–Crippen LogP) is 0.722. The zero-order valence-corrected chi connectivity index (χ0v) is 12.8. The van der Waals surface area contributed by atoms with E-state index in [4.69, 9.17) is 4.74 Å². The number of carbonyl (C=O) groups excluding carboxylic acids is 2. The number of hydrogen-bond donors (Lipinski definition) is 3. The molecule has 1 aromatic rings. The summed E-state index contributed by atoms with van der Waals surface area (Å²) < 4.78 is 5.60. The molecule has 0 aliphatic carbocycles. The van der Waals surface area contributed by atoms with Gasteiger partial charge in [0.15, 0.2) is 6.10 Å². The van der Waals surface area contributed by atoms with Gasteiger partial charge < -0.3 is 15.4 Å². The summed E-state index contributed by atoms with van der Waals surface area (Å²) >= 11 is 0. The maximum absolute atomic E-state index is 11.8. The third kappa shape index (κ3) is 5.39. The van der Waals surface area contributed by atoms with Gasteiger partial charge in [0.05, 0.1) is 5.69 Å². The molecule has 0 saturated heterocycles. The van der Waals surface area contributed by atoms with Crippen LogP contribution in [0.25, 0.3) is 0 Å². The van der Waals surface area contributed by atoms with E-state index in [9.17, 15) is 9.59 Å². The Bertz CT molecular complexity index is 505. The molecule has 21 heavy (non-hydrogen) atoms. The Labute approximate surface area is 124 Å². The average Bonchev–Trinajstić information content (AvgIpc) is 2.42. The first-order valence-electron chi connectivity index (χ1n) is 6.84. The Morgan fingerprint density at radius 1 is 1.38 bits per heavy atom. The first kappa shape index (κ1) is 16.9. The lowest BCUT2D eigenvalue weighted by Gasteiger charge is -2.16. The van der Waals surface area contributed by atoms with Crippen molar-refractivity contribution >= 4 is 11.9 Å². The molecular weight excluding hydrogens is 272 g/mol. The van der Waals surface area contributed by atoms with Gasteiger partial charge in [-0.05, 0) is 40.0 Å². The monoisotopic (exact) mass is 294 g/mol.